The Bertz CT molecular complexity index is 352. The minimum absolute atomic E-state index is 0.369. The van der Waals surface area contributed by atoms with Crippen LogP contribution in [0.25, 0.3) is 0 Å². The number of methoxy groups -OCH3 is 1. The van der Waals surface area contributed by atoms with Crippen molar-refractivity contribution in [1.29, 1.82) is 0 Å². The van der Waals surface area contributed by atoms with Crippen molar-refractivity contribution >= 4 is 22.4 Å². The molecule has 0 radical (unpaired) electrons. The standard InChI is InChI=1S/C11H19N3O2S/c1-14(2)7-5-4-6-12-11-13-9(8-17-11)10(15)16-3/h8H,4-7H2,1-3H3,(H,12,13). The van der Waals surface area contributed by atoms with Crippen molar-refractivity contribution in [3.05, 3.63) is 11.1 Å². The highest BCUT2D eigenvalue weighted by Gasteiger charge is 2.09. The lowest BCUT2D eigenvalue weighted by Crippen LogP contribution is -2.14. The van der Waals surface area contributed by atoms with Crippen molar-refractivity contribution in [1.82, 2.24) is 9.88 Å². The molecule has 6 heteroatoms. The van der Waals surface area contributed by atoms with Gasteiger partial charge in [-0.05, 0) is 33.5 Å². The molecule has 0 spiro atoms. The number of ether oxygens (including phenoxy) is 1. The van der Waals surface area contributed by atoms with E-state index in [0.29, 0.717) is 5.69 Å². The monoisotopic (exact) mass is 257 g/mol. The van der Waals surface area contributed by atoms with Gasteiger partial charge in [0.2, 0.25) is 0 Å². The summed E-state index contributed by atoms with van der Waals surface area (Å²) in [5, 5.41) is 5.67. The number of unbranched alkanes of at least 4 members (excludes halogenated alkanes) is 1. The van der Waals surface area contributed by atoms with Gasteiger partial charge in [-0.3, -0.25) is 0 Å². The third kappa shape index (κ3) is 5.14. The molecule has 0 saturated heterocycles. The number of anilines is 1. The molecule has 0 aromatic carbocycles. The highest BCUT2D eigenvalue weighted by Crippen LogP contribution is 2.15. The Morgan fingerprint density at radius 3 is 2.94 bits per heavy atom. The van der Waals surface area contributed by atoms with E-state index in [9.17, 15) is 4.79 Å². The fourth-order valence-electron chi connectivity index (χ4n) is 1.30. The molecule has 0 unspecified atom stereocenters. The predicted octanol–water partition coefficient (Wildman–Crippen LogP) is 1.68. The van der Waals surface area contributed by atoms with Crippen LogP contribution in [0.4, 0.5) is 5.13 Å². The van der Waals surface area contributed by atoms with Crippen LogP contribution in [0.15, 0.2) is 5.38 Å². The van der Waals surface area contributed by atoms with E-state index in [0.717, 1.165) is 31.1 Å². The first kappa shape index (κ1) is 13.9. The number of nitrogens with zero attached hydrogens (tertiary/aromatic N) is 2. The third-order valence-electron chi connectivity index (χ3n) is 2.21. The zero-order valence-electron chi connectivity index (χ0n) is 10.5. The van der Waals surface area contributed by atoms with Crippen LogP contribution in [0.1, 0.15) is 23.3 Å². The maximum absolute atomic E-state index is 11.2. The molecule has 96 valence electrons. The second-order valence-electron chi connectivity index (χ2n) is 3.97. The fourth-order valence-corrected chi connectivity index (χ4v) is 2.01. The molecule has 0 fully saturated rings. The first-order valence-corrected chi connectivity index (χ1v) is 6.44. The molecule has 0 aliphatic carbocycles. The van der Waals surface area contributed by atoms with Crippen LogP contribution in [-0.4, -0.2) is 50.1 Å². The Labute approximate surface area is 106 Å². The highest BCUT2D eigenvalue weighted by atomic mass is 32.1. The Kier molecular flexibility index (Phi) is 5.93. The van der Waals surface area contributed by atoms with E-state index in [1.165, 1.54) is 18.4 Å². The molecule has 1 rings (SSSR count). The number of rotatable bonds is 7. The van der Waals surface area contributed by atoms with Gasteiger partial charge in [-0.15, -0.1) is 11.3 Å². The number of esters is 1. The second-order valence-corrected chi connectivity index (χ2v) is 4.82. The molecule has 0 amide bonds. The smallest absolute Gasteiger partial charge is 0.357 e. The van der Waals surface area contributed by atoms with Crippen LogP contribution >= 0.6 is 11.3 Å². The Morgan fingerprint density at radius 1 is 1.53 bits per heavy atom. The van der Waals surface area contributed by atoms with Crippen LogP contribution in [0.5, 0.6) is 0 Å². The van der Waals surface area contributed by atoms with Crippen molar-refractivity contribution < 1.29 is 9.53 Å². The second kappa shape index (κ2) is 7.24. The van der Waals surface area contributed by atoms with Crippen molar-refractivity contribution in [2.24, 2.45) is 0 Å². The number of aromatic nitrogens is 1. The number of carbonyl (C=O) groups excluding carboxylic acids is 1. The van der Waals surface area contributed by atoms with Gasteiger partial charge >= 0.3 is 5.97 Å². The molecular formula is C11H19N3O2S. The van der Waals surface area contributed by atoms with Crippen molar-refractivity contribution in [3.63, 3.8) is 0 Å². The molecule has 0 aliphatic heterocycles. The maximum atomic E-state index is 11.2. The van der Waals surface area contributed by atoms with Gasteiger partial charge in [0.05, 0.1) is 7.11 Å². The van der Waals surface area contributed by atoms with Crippen LogP contribution in [0.3, 0.4) is 0 Å². The van der Waals surface area contributed by atoms with Crippen LogP contribution in [-0.2, 0) is 4.74 Å². The summed E-state index contributed by atoms with van der Waals surface area (Å²) in [5.41, 5.74) is 0.369. The van der Waals surface area contributed by atoms with Gasteiger partial charge in [-0.25, -0.2) is 9.78 Å². The van der Waals surface area contributed by atoms with Gasteiger partial charge in [0, 0.05) is 11.9 Å². The van der Waals surface area contributed by atoms with E-state index in [1.807, 2.05) is 0 Å². The summed E-state index contributed by atoms with van der Waals surface area (Å²) in [4.78, 5) is 17.5. The minimum Gasteiger partial charge on any atom is -0.464 e. The molecular weight excluding hydrogens is 238 g/mol. The van der Waals surface area contributed by atoms with Crippen molar-refractivity contribution in [2.75, 3.05) is 39.6 Å². The maximum Gasteiger partial charge on any atom is 0.357 e. The number of nitrogens with one attached hydrogen (secondary N) is 1. The normalized spacial score (nSPS) is 10.6. The van der Waals surface area contributed by atoms with E-state index in [2.05, 4.69) is 34.0 Å². The first-order chi connectivity index (χ1) is 8.13. The van der Waals surface area contributed by atoms with E-state index < -0.39 is 0 Å². The summed E-state index contributed by atoms with van der Waals surface area (Å²) in [5.74, 6) is -0.387. The van der Waals surface area contributed by atoms with E-state index in [1.54, 1.807) is 5.38 Å². The minimum atomic E-state index is -0.387. The zero-order chi connectivity index (χ0) is 12.7. The first-order valence-electron chi connectivity index (χ1n) is 5.56. The summed E-state index contributed by atoms with van der Waals surface area (Å²) < 4.78 is 4.59. The highest BCUT2D eigenvalue weighted by molar-refractivity contribution is 7.13. The lowest BCUT2D eigenvalue weighted by molar-refractivity contribution is 0.0595. The van der Waals surface area contributed by atoms with Crippen molar-refractivity contribution in [3.8, 4) is 0 Å². The van der Waals surface area contributed by atoms with Gasteiger partial charge in [0.1, 0.15) is 0 Å². The van der Waals surface area contributed by atoms with Gasteiger partial charge in [-0.1, -0.05) is 0 Å². The van der Waals surface area contributed by atoms with Crippen LogP contribution in [0, 0.1) is 0 Å². The molecule has 0 saturated carbocycles. The van der Waals surface area contributed by atoms with Gasteiger partial charge in [0.25, 0.3) is 0 Å². The molecule has 1 aromatic rings. The topological polar surface area (TPSA) is 54.5 Å². The lowest BCUT2D eigenvalue weighted by Gasteiger charge is -2.08. The number of hydrogen-bond donors (Lipinski definition) is 1. The number of hydrogen-bond acceptors (Lipinski definition) is 6. The lowest BCUT2D eigenvalue weighted by atomic mass is 10.3. The van der Waals surface area contributed by atoms with Gasteiger partial charge in [-0.2, -0.15) is 0 Å². The van der Waals surface area contributed by atoms with Crippen LogP contribution < -0.4 is 5.32 Å². The molecule has 1 heterocycles. The quantitative estimate of drug-likeness (QED) is 0.595. The average Bonchev–Trinajstić information content (AvgIpc) is 2.76. The SMILES string of the molecule is COC(=O)c1csc(NCCCCN(C)C)n1. The molecule has 0 bridgehead atoms. The summed E-state index contributed by atoms with van der Waals surface area (Å²) >= 11 is 1.42. The Hall–Kier alpha value is -1.14. The van der Waals surface area contributed by atoms with Crippen LogP contribution in [0.2, 0.25) is 0 Å². The number of thiazole rings is 1. The summed E-state index contributed by atoms with van der Waals surface area (Å²) in [6.07, 6.45) is 2.24. The van der Waals surface area contributed by atoms with E-state index in [4.69, 9.17) is 0 Å². The van der Waals surface area contributed by atoms with Gasteiger partial charge in [0.15, 0.2) is 10.8 Å². The van der Waals surface area contributed by atoms with Crippen molar-refractivity contribution in [2.45, 2.75) is 12.8 Å². The average molecular weight is 257 g/mol. The summed E-state index contributed by atoms with van der Waals surface area (Å²) in [6.45, 7) is 1.97. The molecule has 0 aliphatic rings. The predicted molar refractivity (Wildman–Crippen MR) is 69.7 cm³/mol. The zero-order valence-corrected chi connectivity index (χ0v) is 11.3. The van der Waals surface area contributed by atoms with E-state index >= 15 is 0 Å². The Balaban J connectivity index is 2.23. The molecule has 0 atom stereocenters. The summed E-state index contributed by atoms with van der Waals surface area (Å²) in [6, 6.07) is 0. The largest absolute Gasteiger partial charge is 0.464 e. The Morgan fingerprint density at radius 2 is 2.29 bits per heavy atom. The molecule has 1 N–H and O–H groups in total. The third-order valence-corrected chi connectivity index (χ3v) is 3.01. The van der Waals surface area contributed by atoms with Gasteiger partial charge < -0.3 is 15.0 Å². The summed E-state index contributed by atoms with van der Waals surface area (Å²) in [7, 11) is 5.49. The molecule has 17 heavy (non-hydrogen) atoms. The molecule has 1 aromatic heterocycles. The fraction of sp³-hybridized carbons (Fsp3) is 0.636. The van der Waals surface area contributed by atoms with E-state index in [-0.39, 0.29) is 5.97 Å². The number of carbonyl (C=O) groups is 1. The molecule has 5 nitrogen and oxygen atoms in total.